The largest absolute Gasteiger partial charge is 0.337 e. The average molecular weight is 446 g/mol. The normalized spacial score (nSPS) is 20.5. The van der Waals surface area contributed by atoms with Gasteiger partial charge in [-0.3, -0.25) is 14.5 Å². The molecule has 2 aliphatic heterocycles. The van der Waals surface area contributed by atoms with Crippen LogP contribution in [0.15, 0.2) is 48.5 Å². The third kappa shape index (κ3) is 4.70. The van der Waals surface area contributed by atoms with Crippen molar-refractivity contribution in [2.45, 2.75) is 51.6 Å². The molecule has 174 valence electrons. The first-order valence-corrected chi connectivity index (χ1v) is 12.6. The lowest BCUT2D eigenvalue weighted by atomic mass is 9.92. The Balaban J connectivity index is 1.27. The van der Waals surface area contributed by atoms with Crippen molar-refractivity contribution in [2.24, 2.45) is 5.92 Å². The van der Waals surface area contributed by atoms with E-state index in [9.17, 15) is 9.59 Å². The second kappa shape index (κ2) is 9.68. The summed E-state index contributed by atoms with van der Waals surface area (Å²) >= 11 is 0. The fraction of sp³-hybridized carbons (Fsp3) is 0.500. The maximum absolute atomic E-state index is 13.9. The minimum absolute atomic E-state index is 0.0469. The summed E-state index contributed by atoms with van der Waals surface area (Å²) in [6.45, 7) is 6.49. The number of piperazine rings is 1. The summed E-state index contributed by atoms with van der Waals surface area (Å²) in [5.41, 5.74) is 4.58. The lowest BCUT2D eigenvalue weighted by molar-refractivity contribution is -0.141. The van der Waals surface area contributed by atoms with E-state index >= 15 is 0 Å². The predicted octanol–water partition coefficient (Wildman–Crippen LogP) is 3.90. The summed E-state index contributed by atoms with van der Waals surface area (Å²) in [5, 5.41) is 0. The van der Waals surface area contributed by atoms with E-state index in [1.54, 1.807) is 0 Å². The van der Waals surface area contributed by atoms with Gasteiger partial charge in [0, 0.05) is 44.8 Å². The number of rotatable bonds is 4. The van der Waals surface area contributed by atoms with Crippen molar-refractivity contribution in [3.8, 4) is 0 Å². The molecule has 1 saturated heterocycles. The number of amides is 2. The second-order valence-electron chi connectivity index (χ2n) is 9.96. The van der Waals surface area contributed by atoms with Crippen LogP contribution in [-0.2, 0) is 17.8 Å². The summed E-state index contributed by atoms with van der Waals surface area (Å²) < 4.78 is 0. The molecule has 33 heavy (non-hydrogen) atoms. The molecule has 2 aromatic rings. The highest BCUT2D eigenvalue weighted by molar-refractivity contribution is 5.94. The molecule has 2 amide bonds. The summed E-state index contributed by atoms with van der Waals surface area (Å²) in [5.74, 6) is 0.842. The number of nitrogens with zero attached hydrogens (tertiary/aromatic N) is 3. The lowest BCUT2D eigenvalue weighted by Crippen LogP contribution is -2.58. The van der Waals surface area contributed by atoms with Crippen LogP contribution in [0.1, 0.15) is 52.7 Å². The molecular weight excluding hydrogens is 410 g/mol. The molecule has 5 nitrogen and oxygen atoms in total. The molecule has 0 radical (unpaired) electrons. The summed E-state index contributed by atoms with van der Waals surface area (Å²) in [4.78, 5) is 33.3. The van der Waals surface area contributed by atoms with Gasteiger partial charge in [-0.2, -0.15) is 0 Å². The van der Waals surface area contributed by atoms with E-state index < -0.39 is 0 Å². The predicted molar refractivity (Wildman–Crippen MR) is 130 cm³/mol. The number of carbonyl (C=O) groups excluding carboxylic acids is 2. The fourth-order valence-electron chi connectivity index (χ4n) is 5.88. The smallest absolute Gasteiger partial charge is 0.253 e. The maximum Gasteiger partial charge on any atom is 0.253 e. The minimum Gasteiger partial charge on any atom is -0.337 e. The Kier molecular flexibility index (Phi) is 6.50. The zero-order valence-corrected chi connectivity index (χ0v) is 19.7. The van der Waals surface area contributed by atoms with Crippen molar-refractivity contribution in [3.05, 3.63) is 70.8 Å². The molecule has 5 rings (SSSR count). The monoisotopic (exact) mass is 445 g/mol. The lowest BCUT2D eigenvalue weighted by Gasteiger charge is -2.43. The average Bonchev–Trinajstić information content (AvgIpc) is 3.39. The van der Waals surface area contributed by atoms with Crippen LogP contribution in [0.3, 0.4) is 0 Å². The molecule has 1 aliphatic carbocycles. The van der Waals surface area contributed by atoms with Crippen molar-refractivity contribution >= 4 is 11.8 Å². The molecule has 0 aromatic heterocycles. The zero-order chi connectivity index (χ0) is 22.8. The Morgan fingerprint density at radius 2 is 1.48 bits per heavy atom. The third-order valence-corrected chi connectivity index (χ3v) is 7.84. The van der Waals surface area contributed by atoms with Crippen LogP contribution in [0.5, 0.6) is 0 Å². The quantitative estimate of drug-likeness (QED) is 0.717. The van der Waals surface area contributed by atoms with Gasteiger partial charge in [-0.05, 0) is 55.4 Å². The van der Waals surface area contributed by atoms with Gasteiger partial charge in [-0.25, -0.2) is 0 Å². The molecule has 5 heteroatoms. The Morgan fingerprint density at radius 1 is 0.818 bits per heavy atom. The van der Waals surface area contributed by atoms with Gasteiger partial charge in [0.15, 0.2) is 0 Å². The van der Waals surface area contributed by atoms with Crippen molar-refractivity contribution in [3.63, 3.8) is 0 Å². The molecule has 0 bridgehead atoms. The SMILES string of the molecule is Cc1ccc(C(=O)N2CCN([C@H](C(=O)N3CCc4ccccc4C3)C3CCCC3)CC2)cc1. The molecule has 0 spiro atoms. The van der Waals surface area contributed by atoms with Gasteiger partial charge in [-0.1, -0.05) is 54.8 Å². The number of aryl methyl sites for hydroxylation is 1. The van der Waals surface area contributed by atoms with Crippen LogP contribution in [0.2, 0.25) is 0 Å². The van der Waals surface area contributed by atoms with E-state index in [1.807, 2.05) is 36.1 Å². The maximum atomic E-state index is 13.9. The van der Waals surface area contributed by atoms with Gasteiger partial charge in [0.2, 0.25) is 5.91 Å². The molecule has 2 heterocycles. The first-order chi connectivity index (χ1) is 16.1. The number of fused-ring (bicyclic) bond motifs is 1. The van der Waals surface area contributed by atoms with Gasteiger partial charge in [0.25, 0.3) is 5.91 Å². The number of benzene rings is 2. The third-order valence-electron chi connectivity index (χ3n) is 7.84. The molecule has 1 saturated carbocycles. The minimum atomic E-state index is -0.0469. The van der Waals surface area contributed by atoms with Gasteiger partial charge in [0.05, 0.1) is 6.04 Å². The summed E-state index contributed by atoms with van der Waals surface area (Å²) in [6.07, 6.45) is 5.68. The molecular formula is C28H35N3O2. The van der Waals surface area contributed by atoms with Crippen molar-refractivity contribution < 1.29 is 9.59 Å². The van der Waals surface area contributed by atoms with E-state index in [2.05, 4.69) is 34.1 Å². The van der Waals surface area contributed by atoms with E-state index in [0.717, 1.165) is 56.6 Å². The molecule has 3 aliphatic rings. The second-order valence-corrected chi connectivity index (χ2v) is 9.96. The van der Waals surface area contributed by atoms with Crippen LogP contribution in [0, 0.1) is 12.8 Å². The first-order valence-electron chi connectivity index (χ1n) is 12.6. The first kappa shape index (κ1) is 22.1. The standard InChI is InChI=1S/C28H35N3O2/c1-21-10-12-24(13-11-21)27(32)30-18-16-29(17-19-30)26(23-7-3-4-8-23)28(33)31-15-14-22-6-2-5-9-25(22)20-31/h2,5-6,9-13,23,26H,3-4,7-8,14-20H2,1H3/t26-/m0/s1. The highest BCUT2D eigenvalue weighted by Gasteiger charge is 2.40. The zero-order valence-electron chi connectivity index (χ0n) is 19.7. The molecule has 0 N–H and O–H groups in total. The topological polar surface area (TPSA) is 43.9 Å². The molecule has 2 aromatic carbocycles. The number of hydrogen-bond acceptors (Lipinski definition) is 3. The van der Waals surface area contributed by atoms with Gasteiger partial charge in [-0.15, -0.1) is 0 Å². The van der Waals surface area contributed by atoms with E-state index in [0.29, 0.717) is 24.9 Å². The van der Waals surface area contributed by atoms with Crippen LogP contribution < -0.4 is 0 Å². The van der Waals surface area contributed by atoms with E-state index in [4.69, 9.17) is 0 Å². The number of hydrogen-bond donors (Lipinski definition) is 0. The van der Waals surface area contributed by atoms with Crippen molar-refractivity contribution in [1.82, 2.24) is 14.7 Å². The van der Waals surface area contributed by atoms with Crippen LogP contribution in [0.25, 0.3) is 0 Å². The molecule has 2 fully saturated rings. The fourth-order valence-corrected chi connectivity index (χ4v) is 5.88. The summed E-state index contributed by atoms with van der Waals surface area (Å²) in [7, 11) is 0. The van der Waals surface area contributed by atoms with E-state index in [1.165, 1.54) is 24.0 Å². The Labute approximate surface area is 197 Å². The molecule has 1 atom stereocenters. The Bertz CT molecular complexity index is 988. The van der Waals surface area contributed by atoms with Crippen molar-refractivity contribution in [2.75, 3.05) is 32.7 Å². The highest BCUT2D eigenvalue weighted by Crippen LogP contribution is 2.33. The van der Waals surface area contributed by atoms with Gasteiger partial charge < -0.3 is 9.80 Å². The van der Waals surface area contributed by atoms with Crippen LogP contribution in [-0.4, -0.2) is 65.3 Å². The van der Waals surface area contributed by atoms with E-state index in [-0.39, 0.29) is 11.9 Å². The van der Waals surface area contributed by atoms with Gasteiger partial charge in [0.1, 0.15) is 0 Å². The Morgan fingerprint density at radius 3 is 2.18 bits per heavy atom. The number of carbonyl (C=O) groups is 2. The molecule has 0 unspecified atom stereocenters. The van der Waals surface area contributed by atoms with Crippen LogP contribution in [0.4, 0.5) is 0 Å². The van der Waals surface area contributed by atoms with Crippen LogP contribution >= 0.6 is 0 Å². The highest BCUT2D eigenvalue weighted by atomic mass is 16.2. The Hall–Kier alpha value is -2.66. The summed E-state index contributed by atoms with van der Waals surface area (Å²) in [6, 6.07) is 16.3. The van der Waals surface area contributed by atoms with Crippen molar-refractivity contribution in [1.29, 1.82) is 0 Å². The van der Waals surface area contributed by atoms with Gasteiger partial charge >= 0.3 is 0 Å².